The fraction of sp³-hybridized carbons (Fsp3) is 0.400. The van der Waals surface area contributed by atoms with Crippen molar-refractivity contribution in [2.45, 2.75) is 38.9 Å². The molecule has 5 nitrogen and oxygen atoms in total. The Balaban J connectivity index is 2.17. The summed E-state index contributed by atoms with van der Waals surface area (Å²) in [5, 5.41) is 2.93. The lowest BCUT2D eigenvalue weighted by Gasteiger charge is -2.18. The third-order valence-electron chi connectivity index (χ3n) is 2.96. The van der Waals surface area contributed by atoms with Gasteiger partial charge in [-0.1, -0.05) is 26.8 Å². The number of hydrogen-bond donors (Lipinski definition) is 2. The van der Waals surface area contributed by atoms with Gasteiger partial charge in [0, 0.05) is 11.5 Å². The number of alkyl halides is 3. The second-order valence-electron chi connectivity index (χ2n) is 6.12. The summed E-state index contributed by atoms with van der Waals surface area (Å²) >= 11 is 0. The van der Waals surface area contributed by atoms with E-state index in [4.69, 9.17) is 5.73 Å². The molecule has 0 radical (unpaired) electrons. The molecular weight excluding hydrogens is 307 g/mol. The molecule has 3 N–H and O–H groups in total. The van der Waals surface area contributed by atoms with E-state index in [0.29, 0.717) is 17.5 Å². The monoisotopic (exact) mass is 325 g/mol. The van der Waals surface area contributed by atoms with E-state index in [1.807, 2.05) is 20.8 Å². The molecule has 0 aliphatic rings. The van der Waals surface area contributed by atoms with Crippen molar-refractivity contribution in [3.63, 3.8) is 0 Å². The highest BCUT2D eigenvalue weighted by Gasteiger charge is 2.32. The summed E-state index contributed by atoms with van der Waals surface area (Å²) in [6.07, 6.45) is -4.46. The van der Waals surface area contributed by atoms with Crippen molar-refractivity contribution in [3.05, 3.63) is 41.5 Å². The van der Waals surface area contributed by atoms with E-state index < -0.39 is 11.9 Å². The average molecular weight is 325 g/mol. The number of rotatable bonds is 3. The van der Waals surface area contributed by atoms with Gasteiger partial charge < -0.3 is 11.1 Å². The minimum Gasteiger partial charge on any atom is -0.384 e. The molecule has 0 bridgehead atoms. The summed E-state index contributed by atoms with van der Waals surface area (Å²) in [5.74, 6) is 1.29. The van der Waals surface area contributed by atoms with E-state index in [0.717, 1.165) is 6.07 Å². The van der Waals surface area contributed by atoms with Crippen LogP contribution in [0.4, 0.5) is 24.8 Å². The highest BCUT2D eigenvalue weighted by atomic mass is 19.4. The van der Waals surface area contributed by atoms with Gasteiger partial charge in [-0.15, -0.1) is 0 Å². The van der Waals surface area contributed by atoms with E-state index >= 15 is 0 Å². The molecule has 23 heavy (non-hydrogen) atoms. The van der Waals surface area contributed by atoms with Crippen LogP contribution in [0.1, 0.15) is 38.0 Å². The molecule has 2 aromatic rings. The van der Waals surface area contributed by atoms with Gasteiger partial charge in [0.25, 0.3) is 0 Å². The second kappa shape index (κ2) is 6.02. The van der Waals surface area contributed by atoms with Gasteiger partial charge in [-0.2, -0.15) is 13.2 Å². The fourth-order valence-corrected chi connectivity index (χ4v) is 1.81. The maximum absolute atomic E-state index is 12.6. The molecule has 0 fully saturated rings. The third kappa shape index (κ3) is 4.54. The zero-order chi connectivity index (χ0) is 17.3. The first kappa shape index (κ1) is 17.0. The molecule has 0 aliphatic carbocycles. The molecule has 0 saturated heterocycles. The summed E-state index contributed by atoms with van der Waals surface area (Å²) in [7, 11) is 0. The number of hydrogen-bond acceptors (Lipinski definition) is 5. The molecular formula is C15H18F3N5. The minimum absolute atomic E-state index is 0.101. The summed E-state index contributed by atoms with van der Waals surface area (Å²) in [6, 6.07) is 5.30. The number of nitrogens with one attached hydrogen (secondary N) is 1. The van der Waals surface area contributed by atoms with Gasteiger partial charge in [-0.3, -0.25) is 0 Å². The van der Waals surface area contributed by atoms with Crippen molar-refractivity contribution < 1.29 is 13.2 Å². The predicted octanol–water partition coefficient (Wildman–Crippen LogP) is 3.38. The van der Waals surface area contributed by atoms with Crippen LogP contribution in [0.25, 0.3) is 0 Å². The van der Waals surface area contributed by atoms with Crippen LogP contribution in [-0.4, -0.2) is 15.0 Å². The van der Waals surface area contributed by atoms with Gasteiger partial charge in [0.15, 0.2) is 0 Å². The normalized spacial score (nSPS) is 12.3. The van der Waals surface area contributed by atoms with Crippen LogP contribution < -0.4 is 11.1 Å². The van der Waals surface area contributed by atoms with Crippen LogP contribution in [0.2, 0.25) is 0 Å². The minimum atomic E-state index is -4.46. The lowest BCUT2D eigenvalue weighted by molar-refractivity contribution is -0.141. The molecule has 0 atom stereocenters. The molecule has 8 heteroatoms. The fourth-order valence-electron chi connectivity index (χ4n) is 1.81. The standard InChI is InChI=1S/C15H18F3N5/c1-14(2,3)13-22-11(19)7-12(23-13)20-8-9-5-4-6-10(21-9)15(16,17)18/h4-7H,8H2,1-3H3,(H3,19,20,22,23). The van der Waals surface area contributed by atoms with Gasteiger partial charge in [-0.05, 0) is 12.1 Å². The van der Waals surface area contributed by atoms with Crippen molar-refractivity contribution in [1.82, 2.24) is 15.0 Å². The maximum atomic E-state index is 12.6. The van der Waals surface area contributed by atoms with Crippen molar-refractivity contribution in [2.75, 3.05) is 11.1 Å². The van der Waals surface area contributed by atoms with Crippen LogP contribution >= 0.6 is 0 Å². The Hall–Kier alpha value is -2.38. The van der Waals surface area contributed by atoms with Crippen molar-refractivity contribution in [1.29, 1.82) is 0 Å². The molecule has 0 aromatic carbocycles. The zero-order valence-corrected chi connectivity index (χ0v) is 13.1. The molecule has 2 heterocycles. The molecule has 2 rings (SSSR count). The SMILES string of the molecule is CC(C)(C)c1nc(N)cc(NCc2cccc(C(F)(F)F)n2)n1. The molecule has 0 aliphatic heterocycles. The number of pyridine rings is 1. The number of nitrogen functional groups attached to an aromatic ring is 1. The van der Waals surface area contributed by atoms with Gasteiger partial charge in [0.2, 0.25) is 0 Å². The van der Waals surface area contributed by atoms with E-state index in [1.54, 1.807) is 0 Å². The van der Waals surface area contributed by atoms with E-state index in [1.165, 1.54) is 18.2 Å². The average Bonchev–Trinajstić information content (AvgIpc) is 2.43. The Morgan fingerprint density at radius 1 is 1.09 bits per heavy atom. The Morgan fingerprint density at radius 3 is 2.39 bits per heavy atom. The molecule has 124 valence electrons. The van der Waals surface area contributed by atoms with Crippen LogP contribution in [0.5, 0.6) is 0 Å². The highest BCUT2D eigenvalue weighted by Crippen LogP contribution is 2.27. The second-order valence-corrected chi connectivity index (χ2v) is 6.12. The van der Waals surface area contributed by atoms with Crippen LogP contribution in [0, 0.1) is 0 Å². The Kier molecular flexibility index (Phi) is 4.44. The Bertz CT molecular complexity index is 692. The highest BCUT2D eigenvalue weighted by molar-refractivity contribution is 5.45. The van der Waals surface area contributed by atoms with Gasteiger partial charge in [-0.25, -0.2) is 15.0 Å². The number of halogens is 3. The van der Waals surface area contributed by atoms with E-state index in [9.17, 15) is 13.2 Å². The summed E-state index contributed by atoms with van der Waals surface area (Å²) in [5.41, 5.74) is 4.80. The first-order valence-electron chi connectivity index (χ1n) is 6.98. The lowest BCUT2D eigenvalue weighted by Crippen LogP contribution is -2.18. The number of anilines is 2. The smallest absolute Gasteiger partial charge is 0.384 e. The van der Waals surface area contributed by atoms with Crippen LogP contribution in [-0.2, 0) is 18.1 Å². The largest absolute Gasteiger partial charge is 0.433 e. The van der Waals surface area contributed by atoms with E-state index in [2.05, 4.69) is 20.3 Å². The van der Waals surface area contributed by atoms with Crippen LogP contribution in [0.15, 0.2) is 24.3 Å². The van der Waals surface area contributed by atoms with Crippen molar-refractivity contribution >= 4 is 11.6 Å². The zero-order valence-electron chi connectivity index (χ0n) is 13.1. The summed E-state index contributed by atoms with van der Waals surface area (Å²) < 4.78 is 37.9. The molecule has 0 spiro atoms. The lowest BCUT2D eigenvalue weighted by atomic mass is 9.96. The quantitative estimate of drug-likeness (QED) is 0.904. The molecule has 0 saturated carbocycles. The number of nitrogens with zero attached hydrogens (tertiary/aromatic N) is 3. The van der Waals surface area contributed by atoms with Gasteiger partial charge >= 0.3 is 6.18 Å². The van der Waals surface area contributed by atoms with Gasteiger partial charge in [0.1, 0.15) is 23.2 Å². The summed E-state index contributed by atoms with van der Waals surface area (Å²) in [4.78, 5) is 12.1. The molecule has 0 amide bonds. The summed E-state index contributed by atoms with van der Waals surface area (Å²) in [6.45, 7) is 5.93. The Labute approximate surface area is 132 Å². The third-order valence-corrected chi connectivity index (χ3v) is 2.96. The molecule has 2 aromatic heterocycles. The van der Waals surface area contributed by atoms with Crippen LogP contribution in [0.3, 0.4) is 0 Å². The maximum Gasteiger partial charge on any atom is 0.433 e. The first-order chi connectivity index (χ1) is 10.6. The topological polar surface area (TPSA) is 76.7 Å². The first-order valence-corrected chi connectivity index (χ1v) is 6.98. The Morgan fingerprint density at radius 2 is 1.78 bits per heavy atom. The van der Waals surface area contributed by atoms with E-state index in [-0.39, 0.29) is 17.7 Å². The molecule has 0 unspecified atom stereocenters. The number of nitrogens with two attached hydrogens (primary N) is 1. The predicted molar refractivity (Wildman–Crippen MR) is 81.7 cm³/mol. The number of aromatic nitrogens is 3. The van der Waals surface area contributed by atoms with Gasteiger partial charge in [0.05, 0.1) is 12.2 Å². The van der Waals surface area contributed by atoms with Crippen molar-refractivity contribution in [2.24, 2.45) is 0 Å². The van der Waals surface area contributed by atoms with Crippen molar-refractivity contribution in [3.8, 4) is 0 Å².